The second kappa shape index (κ2) is 8.05. The van der Waals surface area contributed by atoms with Crippen molar-refractivity contribution >= 4 is 5.82 Å². The molecule has 0 aliphatic carbocycles. The molecule has 1 atom stereocenters. The monoisotopic (exact) mass is 355 g/mol. The topological polar surface area (TPSA) is 67.1 Å². The van der Waals surface area contributed by atoms with Crippen LogP contribution in [0.1, 0.15) is 25.5 Å². The summed E-state index contributed by atoms with van der Waals surface area (Å²) in [4.78, 5) is 14.7. The van der Waals surface area contributed by atoms with Crippen LogP contribution >= 0.6 is 0 Å². The van der Waals surface area contributed by atoms with Gasteiger partial charge in [-0.3, -0.25) is 4.57 Å². The fourth-order valence-electron chi connectivity index (χ4n) is 2.75. The molecular formula is C19H22FN5O. The number of hydrogen-bond acceptors (Lipinski definition) is 5. The largest absolute Gasteiger partial charge is 0.387 e. The van der Waals surface area contributed by atoms with Gasteiger partial charge in [0.05, 0.1) is 6.10 Å². The minimum absolute atomic E-state index is 0.319. The summed E-state index contributed by atoms with van der Waals surface area (Å²) in [5, 5.41) is 10.6. The number of nitrogens with zero attached hydrogens (tertiary/aromatic N) is 5. The molecule has 7 heteroatoms. The highest BCUT2D eigenvalue weighted by Gasteiger charge is 2.17. The SMILES string of the molecule is CC(C)CN(CC(O)c1ccc(F)cc1)c1cc(-n2ccnc2)ncn1. The van der Waals surface area contributed by atoms with E-state index in [0.29, 0.717) is 23.8 Å². The molecule has 6 nitrogen and oxygen atoms in total. The Balaban J connectivity index is 1.84. The van der Waals surface area contributed by atoms with E-state index in [-0.39, 0.29) is 5.82 Å². The third kappa shape index (κ3) is 4.43. The van der Waals surface area contributed by atoms with Crippen LogP contribution in [-0.2, 0) is 0 Å². The molecule has 0 aliphatic heterocycles. The van der Waals surface area contributed by atoms with Crippen molar-refractivity contribution in [1.29, 1.82) is 0 Å². The molecule has 0 amide bonds. The van der Waals surface area contributed by atoms with Gasteiger partial charge >= 0.3 is 0 Å². The standard InChI is InChI=1S/C19H22FN5O/c1-14(2)10-25(11-17(26)15-3-5-16(20)6-4-15)19-9-18(22-12-23-19)24-8-7-21-13-24/h3-9,12-14,17,26H,10-11H2,1-2H3. The van der Waals surface area contributed by atoms with E-state index >= 15 is 0 Å². The van der Waals surface area contributed by atoms with Crippen LogP contribution in [0.5, 0.6) is 0 Å². The summed E-state index contributed by atoms with van der Waals surface area (Å²) >= 11 is 0. The number of aliphatic hydroxyl groups is 1. The van der Waals surface area contributed by atoms with Gasteiger partial charge in [0.2, 0.25) is 0 Å². The molecule has 0 saturated heterocycles. The minimum Gasteiger partial charge on any atom is -0.387 e. The maximum Gasteiger partial charge on any atom is 0.143 e. The quantitative estimate of drug-likeness (QED) is 0.706. The normalized spacial score (nSPS) is 12.3. The van der Waals surface area contributed by atoms with Crippen molar-refractivity contribution in [3.63, 3.8) is 0 Å². The molecule has 0 bridgehead atoms. The first-order chi connectivity index (χ1) is 12.5. The van der Waals surface area contributed by atoms with Crippen molar-refractivity contribution < 1.29 is 9.50 Å². The summed E-state index contributed by atoms with van der Waals surface area (Å²) in [7, 11) is 0. The van der Waals surface area contributed by atoms with Gasteiger partial charge in [-0.15, -0.1) is 0 Å². The van der Waals surface area contributed by atoms with Crippen LogP contribution in [0.2, 0.25) is 0 Å². The molecule has 0 radical (unpaired) electrons. The van der Waals surface area contributed by atoms with E-state index in [9.17, 15) is 9.50 Å². The predicted octanol–water partition coefficient (Wildman–Crippen LogP) is 3.00. The molecule has 3 aromatic rings. The van der Waals surface area contributed by atoms with E-state index in [1.165, 1.54) is 18.5 Å². The van der Waals surface area contributed by atoms with Crippen LogP contribution < -0.4 is 4.90 Å². The lowest BCUT2D eigenvalue weighted by Gasteiger charge is -2.28. The molecule has 0 aliphatic rings. The average Bonchev–Trinajstić information content (AvgIpc) is 3.16. The first kappa shape index (κ1) is 18.0. The molecule has 1 aromatic carbocycles. The van der Waals surface area contributed by atoms with Crippen molar-refractivity contribution in [3.8, 4) is 5.82 Å². The van der Waals surface area contributed by atoms with Crippen molar-refractivity contribution in [2.24, 2.45) is 5.92 Å². The Bertz CT molecular complexity index is 820. The maximum absolute atomic E-state index is 13.1. The molecule has 3 rings (SSSR count). The Morgan fingerprint density at radius 1 is 1.15 bits per heavy atom. The summed E-state index contributed by atoms with van der Waals surface area (Å²) in [5.74, 6) is 1.49. The van der Waals surface area contributed by atoms with E-state index in [1.807, 2.05) is 17.2 Å². The summed E-state index contributed by atoms with van der Waals surface area (Å²) in [6, 6.07) is 7.77. The summed E-state index contributed by atoms with van der Waals surface area (Å²) in [6.45, 7) is 5.29. The van der Waals surface area contributed by atoms with Gasteiger partial charge in [0, 0.05) is 31.5 Å². The third-order valence-corrected chi connectivity index (χ3v) is 3.96. The molecule has 0 saturated carbocycles. The molecule has 1 unspecified atom stereocenters. The number of benzene rings is 1. The van der Waals surface area contributed by atoms with E-state index in [1.54, 1.807) is 29.2 Å². The van der Waals surface area contributed by atoms with Gasteiger partial charge in [0.1, 0.15) is 30.1 Å². The maximum atomic E-state index is 13.1. The summed E-state index contributed by atoms with van der Waals surface area (Å²) in [6.07, 6.45) is 5.92. The fraction of sp³-hybridized carbons (Fsp3) is 0.316. The fourth-order valence-corrected chi connectivity index (χ4v) is 2.75. The second-order valence-corrected chi connectivity index (χ2v) is 6.57. The van der Waals surface area contributed by atoms with Crippen LogP contribution in [0.4, 0.5) is 10.2 Å². The van der Waals surface area contributed by atoms with E-state index < -0.39 is 6.10 Å². The summed E-state index contributed by atoms with van der Waals surface area (Å²) < 4.78 is 14.9. The lowest BCUT2D eigenvalue weighted by molar-refractivity contribution is 0.182. The zero-order valence-electron chi connectivity index (χ0n) is 14.8. The van der Waals surface area contributed by atoms with Crippen LogP contribution in [0, 0.1) is 11.7 Å². The Labute approximate surface area is 152 Å². The summed E-state index contributed by atoms with van der Waals surface area (Å²) in [5.41, 5.74) is 0.670. The molecule has 0 spiro atoms. The molecule has 0 fully saturated rings. The Hall–Kier alpha value is -2.80. The van der Waals surface area contributed by atoms with Crippen LogP contribution in [0.3, 0.4) is 0 Å². The number of aliphatic hydroxyl groups excluding tert-OH is 1. The van der Waals surface area contributed by atoms with Crippen molar-refractivity contribution in [1.82, 2.24) is 19.5 Å². The first-order valence-electron chi connectivity index (χ1n) is 8.52. The number of aromatic nitrogens is 4. The van der Waals surface area contributed by atoms with E-state index in [0.717, 1.165) is 12.4 Å². The number of imidazole rings is 1. The van der Waals surface area contributed by atoms with Gasteiger partial charge in [-0.1, -0.05) is 26.0 Å². The zero-order chi connectivity index (χ0) is 18.5. The Morgan fingerprint density at radius 3 is 2.58 bits per heavy atom. The van der Waals surface area contributed by atoms with E-state index in [2.05, 4.69) is 28.8 Å². The number of halogens is 1. The van der Waals surface area contributed by atoms with E-state index in [4.69, 9.17) is 0 Å². The minimum atomic E-state index is -0.749. The van der Waals surface area contributed by atoms with Gasteiger partial charge in [-0.2, -0.15) is 0 Å². The molecule has 2 aromatic heterocycles. The van der Waals surface area contributed by atoms with Gasteiger partial charge < -0.3 is 10.0 Å². The average molecular weight is 355 g/mol. The Kier molecular flexibility index (Phi) is 5.58. The van der Waals surface area contributed by atoms with Crippen LogP contribution in [0.15, 0.2) is 55.4 Å². The number of anilines is 1. The molecular weight excluding hydrogens is 333 g/mol. The first-order valence-corrected chi connectivity index (χ1v) is 8.52. The predicted molar refractivity (Wildman–Crippen MR) is 97.6 cm³/mol. The highest BCUT2D eigenvalue weighted by molar-refractivity contribution is 5.44. The van der Waals surface area contributed by atoms with Gasteiger partial charge in [0.25, 0.3) is 0 Å². The zero-order valence-corrected chi connectivity index (χ0v) is 14.8. The lowest BCUT2D eigenvalue weighted by atomic mass is 10.1. The van der Waals surface area contributed by atoms with Crippen LogP contribution in [0.25, 0.3) is 5.82 Å². The van der Waals surface area contributed by atoms with Crippen molar-refractivity contribution in [2.75, 3.05) is 18.0 Å². The lowest BCUT2D eigenvalue weighted by Crippen LogP contribution is -2.33. The Morgan fingerprint density at radius 2 is 1.92 bits per heavy atom. The van der Waals surface area contributed by atoms with Crippen LogP contribution in [-0.4, -0.2) is 37.7 Å². The number of hydrogen-bond donors (Lipinski definition) is 1. The third-order valence-electron chi connectivity index (χ3n) is 3.96. The molecule has 1 N–H and O–H groups in total. The smallest absolute Gasteiger partial charge is 0.143 e. The molecule has 2 heterocycles. The highest BCUT2D eigenvalue weighted by Crippen LogP contribution is 2.21. The second-order valence-electron chi connectivity index (χ2n) is 6.57. The van der Waals surface area contributed by atoms with Gasteiger partial charge in [-0.05, 0) is 23.6 Å². The van der Waals surface area contributed by atoms with Crippen molar-refractivity contribution in [2.45, 2.75) is 20.0 Å². The molecule has 26 heavy (non-hydrogen) atoms. The van der Waals surface area contributed by atoms with Gasteiger partial charge in [-0.25, -0.2) is 19.3 Å². The van der Waals surface area contributed by atoms with Crippen molar-refractivity contribution in [3.05, 3.63) is 66.8 Å². The molecule has 136 valence electrons. The highest BCUT2D eigenvalue weighted by atomic mass is 19.1. The number of rotatable bonds is 7. The van der Waals surface area contributed by atoms with Gasteiger partial charge in [0.15, 0.2) is 0 Å².